The molecule has 0 bridgehead atoms. The van der Waals surface area contributed by atoms with Crippen LogP contribution in [0.4, 0.5) is 0 Å². The van der Waals surface area contributed by atoms with Gasteiger partial charge in [0.05, 0.1) is 0 Å². The minimum absolute atomic E-state index is 0.142. The Morgan fingerprint density at radius 1 is 1.00 bits per heavy atom. The van der Waals surface area contributed by atoms with E-state index in [9.17, 15) is 0 Å². The van der Waals surface area contributed by atoms with Crippen LogP contribution in [0.2, 0.25) is 39.3 Å². The van der Waals surface area contributed by atoms with Gasteiger partial charge in [0, 0.05) is 5.67 Å². The van der Waals surface area contributed by atoms with Gasteiger partial charge in [-0.1, -0.05) is 13.3 Å². The first-order valence-electron chi connectivity index (χ1n) is 6.16. The van der Waals surface area contributed by atoms with Crippen LogP contribution in [0.1, 0.15) is 19.8 Å². The molecule has 0 fully saturated rings. The fourth-order valence-electron chi connectivity index (χ4n) is 1.37. The van der Waals surface area contributed by atoms with E-state index < -0.39 is 25.9 Å². The zero-order chi connectivity index (χ0) is 13.0. The van der Waals surface area contributed by atoms with Gasteiger partial charge in [0.15, 0.2) is 16.6 Å². The Balaban J connectivity index is 4.51. The standard InChI is InChI=1S/C10H29NO2Si3/c1-8-9-10(11)14(12-15(2,3)4)13-16(5,6)7/h10,14H,8-9,11H2,1-7H3. The molecule has 0 aromatic rings. The Morgan fingerprint density at radius 2 is 1.38 bits per heavy atom. The topological polar surface area (TPSA) is 44.5 Å². The molecule has 0 heterocycles. The molecule has 0 amide bonds. The molecular weight excluding hydrogens is 250 g/mol. The minimum Gasteiger partial charge on any atom is -0.438 e. The number of nitrogens with two attached hydrogens (primary N) is 1. The maximum atomic E-state index is 6.20. The summed E-state index contributed by atoms with van der Waals surface area (Å²) in [5.74, 6) is 0. The number of hydrogen-bond donors (Lipinski definition) is 1. The molecule has 0 aliphatic rings. The van der Waals surface area contributed by atoms with Crippen LogP contribution in [-0.2, 0) is 8.23 Å². The van der Waals surface area contributed by atoms with Crippen LogP contribution < -0.4 is 5.73 Å². The molecule has 0 aromatic heterocycles. The van der Waals surface area contributed by atoms with Gasteiger partial charge < -0.3 is 14.0 Å². The summed E-state index contributed by atoms with van der Waals surface area (Å²) >= 11 is 0. The summed E-state index contributed by atoms with van der Waals surface area (Å²) in [6.07, 6.45) is 2.13. The summed E-state index contributed by atoms with van der Waals surface area (Å²) in [6, 6.07) is 0. The van der Waals surface area contributed by atoms with Gasteiger partial charge in [0.1, 0.15) is 0 Å². The molecule has 0 aliphatic heterocycles. The Bertz CT molecular complexity index is 185. The van der Waals surface area contributed by atoms with Crippen molar-refractivity contribution in [3.63, 3.8) is 0 Å². The summed E-state index contributed by atoms with van der Waals surface area (Å²) in [5, 5.41) is 0. The molecule has 3 nitrogen and oxygen atoms in total. The summed E-state index contributed by atoms with van der Waals surface area (Å²) in [4.78, 5) is 0. The lowest BCUT2D eigenvalue weighted by Crippen LogP contribution is -2.53. The van der Waals surface area contributed by atoms with Crippen molar-refractivity contribution in [2.45, 2.75) is 64.7 Å². The van der Waals surface area contributed by atoms with Crippen LogP contribution in [0, 0.1) is 0 Å². The van der Waals surface area contributed by atoms with Gasteiger partial charge in [-0.05, 0) is 45.7 Å². The predicted molar refractivity (Wildman–Crippen MR) is 78.9 cm³/mol. The summed E-state index contributed by atoms with van der Waals surface area (Å²) < 4.78 is 12.4. The average molecular weight is 280 g/mol. The molecule has 6 heteroatoms. The van der Waals surface area contributed by atoms with E-state index in [1.165, 1.54) is 0 Å². The SMILES string of the molecule is CCCC(N)[SiH](O[Si](C)(C)C)O[Si](C)(C)C. The van der Waals surface area contributed by atoms with E-state index in [-0.39, 0.29) is 5.67 Å². The van der Waals surface area contributed by atoms with Gasteiger partial charge in [-0.25, -0.2) is 0 Å². The summed E-state index contributed by atoms with van der Waals surface area (Å²) in [5.41, 5.74) is 6.34. The quantitative estimate of drug-likeness (QED) is 0.729. The molecule has 16 heavy (non-hydrogen) atoms. The van der Waals surface area contributed by atoms with E-state index in [1.54, 1.807) is 0 Å². The van der Waals surface area contributed by atoms with Gasteiger partial charge in [-0.3, -0.25) is 0 Å². The molecule has 0 aromatic carbocycles. The first-order chi connectivity index (χ1) is 7.05. The highest BCUT2D eigenvalue weighted by Gasteiger charge is 2.32. The molecule has 0 saturated carbocycles. The van der Waals surface area contributed by atoms with Crippen molar-refractivity contribution in [2.24, 2.45) is 5.73 Å². The lowest BCUT2D eigenvalue weighted by molar-refractivity contribution is 0.394. The van der Waals surface area contributed by atoms with Crippen LogP contribution >= 0.6 is 0 Å². The van der Waals surface area contributed by atoms with E-state index in [1.807, 2.05) is 0 Å². The van der Waals surface area contributed by atoms with Crippen molar-refractivity contribution in [3.05, 3.63) is 0 Å². The smallest absolute Gasteiger partial charge is 0.318 e. The van der Waals surface area contributed by atoms with Crippen LogP contribution in [0.15, 0.2) is 0 Å². The number of hydrogen-bond acceptors (Lipinski definition) is 3. The third-order valence-corrected chi connectivity index (χ3v) is 10.5. The maximum Gasteiger partial charge on any atom is 0.318 e. The van der Waals surface area contributed by atoms with Crippen molar-refractivity contribution >= 4 is 25.9 Å². The second-order valence-electron chi connectivity index (χ2n) is 6.28. The van der Waals surface area contributed by atoms with Gasteiger partial charge in [0.25, 0.3) is 0 Å². The van der Waals surface area contributed by atoms with Crippen molar-refractivity contribution in [2.75, 3.05) is 0 Å². The molecule has 2 N–H and O–H groups in total. The van der Waals surface area contributed by atoms with Crippen molar-refractivity contribution in [3.8, 4) is 0 Å². The Morgan fingerprint density at radius 3 is 1.62 bits per heavy atom. The molecule has 0 aliphatic carbocycles. The predicted octanol–water partition coefficient (Wildman–Crippen LogP) is 2.58. The zero-order valence-corrected chi connectivity index (χ0v) is 15.1. The minimum atomic E-state index is -1.69. The lowest BCUT2D eigenvalue weighted by Gasteiger charge is -2.33. The Hall–Kier alpha value is 0.531. The first-order valence-corrected chi connectivity index (χ1v) is 14.6. The van der Waals surface area contributed by atoms with Gasteiger partial charge >= 0.3 is 9.28 Å². The van der Waals surface area contributed by atoms with Crippen molar-refractivity contribution in [1.82, 2.24) is 0 Å². The molecule has 0 rings (SSSR count). The summed E-state index contributed by atoms with van der Waals surface area (Å²) in [6.45, 7) is 15.4. The van der Waals surface area contributed by atoms with Crippen molar-refractivity contribution in [1.29, 1.82) is 0 Å². The van der Waals surface area contributed by atoms with Crippen LogP contribution in [0.5, 0.6) is 0 Å². The van der Waals surface area contributed by atoms with Crippen molar-refractivity contribution < 1.29 is 8.23 Å². The first kappa shape index (κ1) is 16.5. The van der Waals surface area contributed by atoms with E-state index in [0.29, 0.717) is 0 Å². The third-order valence-electron chi connectivity index (χ3n) is 1.91. The normalized spacial score (nSPS) is 15.6. The van der Waals surface area contributed by atoms with E-state index >= 15 is 0 Å². The molecule has 0 spiro atoms. The van der Waals surface area contributed by atoms with Gasteiger partial charge in [-0.2, -0.15) is 0 Å². The van der Waals surface area contributed by atoms with E-state index in [2.05, 4.69) is 46.2 Å². The zero-order valence-electron chi connectivity index (χ0n) is 12.0. The van der Waals surface area contributed by atoms with Gasteiger partial charge in [-0.15, -0.1) is 0 Å². The largest absolute Gasteiger partial charge is 0.438 e. The second kappa shape index (κ2) is 6.46. The molecule has 0 saturated heterocycles. The van der Waals surface area contributed by atoms with Crippen LogP contribution in [0.25, 0.3) is 0 Å². The van der Waals surface area contributed by atoms with Gasteiger partial charge in [0.2, 0.25) is 0 Å². The second-order valence-corrected chi connectivity index (χ2v) is 18.2. The van der Waals surface area contributed by atoms with E-state index in [0.717, 1.165) is 12.8 Å². The fourth-order valence-corrected chi connectivity index (χ4v) is 9.57. The lowest BCUT2D eigenvalue weighted by atomic mass is 10.3. The Kier molecular flexibility index (Phi) is 6.67. The maximum absolute atomic E-state index is 6.20. The van der Waals surface area contributed by atoms with Crippen LogP contribution in [0.3, 0.4) is 0 Å². The van der Waals surface area contributed by atoms with E-state index in [4.69, 9.17) is 14.0 Å². The average Bonchev–Trinajstić information content (AvgIpc) is 1.97. The highest BCUT2D eigenvalue weighted by Crippen LogP contribution is 2.15. The number of rotatable bonds is 7. The summed E-state index contributed by atoms with van der Waals surface area (Å²) in [7, 11) is -4.76. The molecule has 0 radical (unpaired) electrons. The highest BCUT2D eigenvalue weighted by atomic mass is 28.4. The monoisotopic (exact) mass is 279 g/mol. The molecule has 1 atom stereocenters. The van der Waals surface area contributed by atoms with Crippen LogP contribution in [-0.4, -0.2) is 31.6 Å². The highest BCUT2D eigenvalue weighted by molar-refractivity contribution is 6.81. The fraction of sp³-hybridized carbons (Fsp3) is 1.00. The Labute approximate surface area is 105 Å². The third kappa shape index (κ3) is 8.66. The molecular formula is C10H29NO2Si3. The molecule has 1 unspecified atom stereocenters. The molecule has 98 valence electrons.